The van der Waals surface area contributed by atoms with Gasteiger partial charge >= 0.3 is 0 Å². The van der Waals surface area contributed by atoms with Gasteiger partial charge in [0.25, 0.3) is 5.91 Å². The molecule has 3 heterocycles. The molecule has 2 aliphatic heterocycles. The number of fused-ring (bicyclic) bond motifs is 4. The number of aromatic amines is 1. The van der Waals surface area contributed by atoms with Gasteiger partial charge in [-0.2, -0.15) is 0 Å². The van der Waals surface area contributed by atoms with E-state index < -0.39 is 23.6 Å². The highest BCUT2D eigenvalue weighted by Gasteiger charge is 2.36. The average molecular weight is 432 g/mol. The van der Waals surface area contributed by atoms with Gasteiger partial charge in [-0.3, -0.25) is 4.79 Å². The molecule has 0 bridgehead atoms. The van der Waals surface area contributed by atoms with Crippen LogP contribution in [0, 0.1) is 11.6 Å². The highest BCUT2D eigenvalue weighted by molar-refractivity contribution is 5.96. The van der Waals surface area contributed by atoms with Crippen LogP contribution in [0.15, 0.2) is 60.7 Å². The van der Waals surface area contributed by atoms with E-state index in [9.17, 15) is 13.6 Å². The summed E-state index contributed by atoms with van der Waals surface area (Å²) in [5.41, 5.74) is 3.46. The zero-order valence-electron chi connectivity index (χ0n) is 16.9. The SMILES string of the molecule is O=C(c1cc(F)ccc1F)N1CCc2c([nH]c3ccccc23)[C@@H]1c1ccc2c(c1)OCO2. The summed E-state index contributed by atoms with van der Waals surface area (Å²) in [6, 6.07) is 15.9. The molecule has 7 heteroatoms. The molecule has 32 heavy (non-hydrogen) atoms. The van der Waals surface area contributed by atoms with Gasteiger partial charge in [-0.25, -0.2) is 8.78 Å². The predicted octanol–water partition coefficient (Wildman–Crippen LogP) is 4.96. The molecular formula is C25H18F2N2O3. The Labute approximate surface area is 182 Å². The second kappa shape index (κ2) is 7.09. The number of benzene rings is 3. The van der Waals surface area contributed by atoms with Crippen LogP contribution in [0.4, 0.5) is 8.78 Å². The lowest BCUT2D eigenvalue weighted by Crippen LogP contribution is -2.41. The third-order valence-corrected chi connectivity index (χ3v) is 6.17. The zero-order chi connectivity index (χ0) is 21.8. The fourth-order valence-corrected chi connectivity index (χ4v) is 4.71. The third-order valence-electron chi connectivity index (χ3n) is 6.17. The molecule has 0 aliphatic carbocycles. The number of amides is 1. The molecule has 2 aliphatic rings. The number of aromatic nitrogens is 1. The first-order valence-corrected chi connectivity index (χ1v) is 10.4. The molecule has 0 saturated carbocycles. The lowest BCUT2D eigenvalue weighted by molar-refractivity contribution is 0.0686. The maximum Gasteiger partial charge on any atom is 0.257 e. The summed E-state index contributed by atoms with van der Waals surface area (Å²) in [4.78, 5) is 18.5. The number of halogens is 2. The monoisotopic (exact) mass is 432 g/mol. The Balaban J connectivity index is 1.52. The number of rotatable bonds is 2. The van der Waals surface area contributed by atoms with Crippen LogP contribution in [0.2, 0.25) is 0 Å². The molecular weight excluding hydrogens is 414 g/mol. The number of carbonyl (C=O) groups is 1. The number of carbonyl (C=O) groups excluding carboxylic acids is 1. The molecule has 0 spiro atoms. The number of para-hydroxylation sites is 1. The fraction of sp³-hybridized carbons (Fsp3) is 0.160. The van der Waals surface area contributed by atoms with Gasteiger partial charge in [0.2, 0.25) is 6.79 Å². The van der Waals surface area contributed by atoms with E-state index in [0.717, 1.165) is 45.9 Å². The molecule has 6 rings (SSSR count). The van der Waals surface area contributed by atoms with Gasteiger partial charge in [0.1, 0.15) is 11.6 Å². The molecule has 1 N–H and O–H groups in total. The summed E-state index contributed by atoms with van der Waals surface area (Å²) in [5, 5.41) is 1.09. The maximum absolute atomic E-state index is 14.5. The number of hydrogen-bond acceptors (Lipinski definition) is 3. The van der Waals surface area contributed by atoms with Crippen LogP contribution in [-0.4, -0.2) is 29.1 Å². The second-order valence-electron chi connectivity index (χ2n) is 7.95. The van der Waals surface area contributed by atoms with Crippen LogP contribution < -0.4 is 9.47 Å². The van der Waals surface area contributed by atoms with Crippen LogP contribution in [0.3, 0.4) is 0 Å². The molecule has 1 aromatic heterocycles. The Morgan fingerprint density at radius 2 is 1.84 bits per heavy atom. The minimum absolute atomic E-state index is 0.137. The van der Waals surface area contributed by atoms with E-state index in [-0.39, 0.29) is 12.4 Å². The first kappa shape index (κ1) is 18.9. The number of H-pyrrole nitrogens is 1. The largest absolute Gasteiger partial charge is 0.454 e. The summed E-state index contributed by atoms with van der Waals surface area (Å²) in [5.74, 6) is -0.736. The number of hydrogen-bond donors (Lipinski definition) is 1. The van der Waals surface area contributed by atoms with E-state index >= 15 is 0 Å². The summed E-state index contributed by atoms with van der Waals surface area (Å²) in [6.07, 6.45) is 0.600. The molecule has 1 amide bonds. The molecule has 0 saturated heterocycles. The van der Waals surface area contributed by atoms with Crippen molar-refractivity contribution in [2.45, 2.75) is 12.5 Å². The van der Waals surface area contributed by atoms with Crippen LogP contribution in [-0.2, 0) is 6.42 Å². The van der Waals surface area contributed by atoms with Crippen LogP contribution in [0.25, 0.3) is 10.9 Å². The fourth-order valence-electron chi connectivity index (χ4n) is 4.71. The molecule has 160 valence electrons. The first-order chi connectivity index (χ1) is 15.6. The van der Waals surface area contributed by atoms with Crippen molar-refractivity contribution >= 4 is 16.8 Å². The van der Waals surface area contributed by atoms with Gasteiger partial charge in [-0.15, -0.1) is 0 Å². The topological polar surface area (TPSA) is 54.6 Å². The Hall–Kier alpha value is -3.87. The van der Waals surface area contributed by atoms with Gasteiger partial charge < -0.3 is 19.4 Å². The first-order valence-electron chi connectivity index (χ1n) is 10.4. The van der Waals surface area contributed by atoms with E-state index in [1.54, 1.807) is 11.0 Å². The van der Waals surface area contributed by atoms with Crippen molar-refractivity contribution in [1.29, 1.82) is 0 Å². The number of ether oxygens (including phenoxy) is 2. The van der Waals surface area contributed by atoms with Gasteiger partial charge in [0.05, 0.1) is 11.6 Å². The van der Waals surface area contributed by atoms with E-state index in [4.69, 9.17) is 9.47 Å². The van der Waals surface area contributed by atoms with Gasteiger partial charge in [0.15, 0.2) is 11.5 Å². The summed E-state index contributed by atoms with van der Waals surface area (Å²) >= 11 is 0. The third kappa shape index (κ3) is 2.85. The smallest absolute Gasteiger partial charge is 0.257 e. The van der Waals surface area contributed by atoms with Crippen LogP contribution >= 0.6 is 0 Å². The standard InChI is InChI=1S/C25H18F2N2O3/c26-15-6-7-19(27)18(12-15)25(30)29-10-9-17-16-3-1-2-4-20(16)28-23(17)24(29)14-5-8-21-22(11-14)32-13-31-21/h1-8,11-12,24,28H,9-10,13H2/t24-/m0/s1. The van der Waals surface area contributed by atoms with Crippen molar-refractivity contribution in [3.05, 3.63) is 94.7 Å². The summed E-state index contributed by atoms with van der Waals surface area (Å²) < 4.78 is 39.3. The normalized spacial score (nSPS) is 16.9. The van der Waals surface area contributed by atoms with Crippen molar-refractivity contribution in [2.75, 3.05) is 13.3 Å². The molecule has 0 unspecified atom stereocenters. The summed E-state index contributed by atoms with van der Waals surface area (Å²) in [7, 11) is 0. The van der Waals surface area contributed by atoms with Crippen molar-refractivity contribution in [2.24, 2.45) is 0 Å². The molecule has 0 radical (unpaired) electrons. The minimum atomic E-state index is -0.747. The molecule has 1 atom stereocenters. The quantitative estimate of drug-likeness (QED) is 0.487. The Kier molecular flexibility index (Phi) is 4.18. The van der Waals surface area contributed by atoms with E-state index in [1.165, 1.54) is 0 Å². The lowest BCUT2D eigenvalue weighted by Gasteiger charge is -2.36. The van der Waals surface area contributed by atoms with Crippen molar-refractivity contribution < 1.29 is 23.0 Å². The van der Waals surface area contributed by atoms with E-state index in [1.807, 2.05) is 36.4 Å². The molecule has 4 aromatic rings. The molecule has 5 nitrogen and oxygen atoms in total. The predicted molar refractivity (Wildman–Crippen MR) is 114 cm³/mol. The van der Waals surface area contributed by atoms with Gasteiger partial charge in [-0.1, -0.05) is 24.3 Å². The average Bonchev–Trinajstić information content (AvgIpc) is 3.43. The Morgan fingerprint density at radius 3 is 2.75 bits per heavy atom. The van der Waals surface area contributed by atoms with Crippen molar-refractivity contribution in [1.82, 2.24) is 9.88 Å². The van der Waals surface area contributed by atoms with E-state index in [2.05, 4.69) is 4.98 Å². The number of nitrogens with one attached hydrogen (secondary N) is 1. The number of nitrogens with zero attached hydrogens (tertiary/aromatic N) is 1. The Bertz CT molecular complexity index is 1380. The highest BCUT2D eigenvalue weighted by Crippen LogP contribution is 2.42. The van der Waals surface area contributed by atoms with Crippen molar-refractivity contribution in [3.8, 4) is 11.5 Å². The molecule has 0 fully saturated rings. The molecule has 3 aromatic carbocycles. The lowest BCUT2D eigenvalue weighted by atomic mass is 9.91. The van der Waals surface area contributed by atoms with Crippen LogP contribution in [0.5, 0.6) is 11.5 Å². The van der Waals surface area contributed by atoms with Crippen molar-refractivity contribution in [3.63, 3.8) is 0 Å². The second-order valence-corrected chi connectivity index (χ2v) is 7.95. The zero-order valence-corrected chi connectivity index (χ0v) is 16.9. The minimum Gasteiger partial charge on any atom is -0.454 e. The maximum atomic E-state index is 14.5. The van der Waals surface area contributed by atoms with Gasteiger partial charge in [0, 0.05) is 23.1 Å². The Morgan fingerprint density at radius 1 is 1.00 bits per heavy atom. The van der Waals surface area contributed by atoms with E-state index in [0.29, 0.717) is 24.5 Å². The highest BCUT2D eigenvalue weighted by atomic mass is 19.1. The van der Waals surface area contributed by atoms with Crippen LogP contribution in [0.1, 0.15) is 33.2 Å². The van der Waals surface area contributed by atoms with Gasteiger partial charge in [-0.05, 0) is 53.9 Å². The summed E-state index contributed by atoms with van der Waals surface area (Å²) in [6.45, 7) is 0.501.